The molecule has 0 amide bonds. The Hall–Kier alpha value is -1.26. The molecule has 1 radical (unpaired) electrons. The lowest BCUT2D eigenvalue weighted by Crippen LogP contribution is -2.15. The van der Waals surface area contributed by atoms with Crippen molar-refractivity contribution in [2.75, 3.05) is 14.2 Å². The van der Waals surface area contributed by atoms with E-state index in [-0.39, 0.29) is 12.1 Å². The monoisotopic (exact) mass is 224 g/mol. The first-order valence-electron chi connectivity index (χ1n) is 5.01. The number of Topliss-reactive ketones (excluding diaryl/α,β-unsaturated/α-hetero) is 1. The molecule has 0 aromatic rings. The predicted molar refractivity (Wildman–Crippen MR) is 63.4 cm³/mol. The molecule has 0 bridgehead atoms. The van der Waals surface area contributed by atoms with Crippen LogP contribution in [-0.4, -0.2) is 32.5 Å². The minimum absolute atomic E-state index is 0.0593. The van der Waals surface area contributed by atoms with Crippen molar-refractivity contribution in [3.8, 4) is 0 Å². The van der Waals surface area contributed by atoms with Crippen LogP contribution in [0.5, 0.6) is 0 Å². The van der Waals surface area contributed by atoms with E-state index in [2.05, 4.69) is 17.8 Å². The molecule has 4 nitrogen and oxygen atoms in total. The van der Waals surface area contributed by atoms with Gasteiger partial charge in [-0.3, -0.25) is 4.79 Å². The Balaban J connectivity index is 4.23. The van der Waals surface area contributed by atoms with Crippen LogP contribution in [0, 0.1) is 0 Å². The van der Waals surface area contributed by atoms with Crippen molar-refractivity contribution in [1.82, 2.24) is 0 Å². The van der Waals surface area contributed by atoms with Crippen molar-refractivity contribution in [2.24, 2.45) is 4.99 Å². The Morgan fingerprint density at radius 2 is 2.12 bits per heavy atom. The summed E-state index contributed by atoms with van der Waals surface area (Å²) >= 11 is 0. The van der Waals surface area contributed by atoms with E-state index in [0.29, 0.717) is 18.5 Å². The Labute approximate surface area is 96.7 Å². The number of carbonyl (C=O) groups excluding carboxylic acids is 1. The largest absolute Gasteiger partial charge is 0.356 e. The molecule has 0 aliphatic carbocycles. The summed E-state index contributed by atoms with van der Waals surface area (Å²) in [4.78, 5) is 15.5. The van der Waals surface area contributed by atoms with E-state index in [0.717, 1.165) is 0 Å². The molecule has 0 aromatic heterocycles. The number of hydrogen-bond acceptors (Lipinski definition) is 4. The van der Waals surface area contributed by atoms with Gasteiger partial charge in [-0.1, -0.05) is 12.7 Å². The second-order valence-corrected chi connectivity index (χ2v) is 2.98. The molecule has 0 N–H and O–H groups in total. The summed E-state index contributed by atoms with van der Waals surface area (Å²) in [6.07, 6.45) is 6.07. The molecular weight excluding hydrogens is 206 g/mol. The molecule has 0 unspecified atom stereocenters. The number of carbonyl (C=O) groups is 1. The molecule has 0 spiro atoms. The number of ether oxygens (including phenoxy) is 2. The third kappa shape index (κ3) is 5.58. The number of allylic oxidation sites excluding steroid dienone is 3. The highest BCUT2D eigenvalue weighted by atomic mass is 16.7. The van der Waals surface area contributed by atoms with Crippen LogP contribution >= 0.6 is 0 Å². The van der Waals surface area contributed by atoms with Crippen molar-refractivity contribution in [1.29, 1.82) is 0 Å². The van der Waals surface area contributed by atoms with Crippen LogP contribution in [0.15, 0.2) is 29.4 Å². The van der Waals surface area contributed by atoms with Crippen LogP contribution in [-0.2, 0) is 14.3 Å². The summed E-state index contributed by atoms with van der Waals surface area (Å²) in [6, 6.07) is 0. The quantitative estimate of drug-likeness (QED) is 0.360. The first-order chi connectivity index (χ1) is 7.69. The van der Waals surface area contributed by atoms with Gasteiger partial charge in [-0.05, 0) is 13.0 Å². The molecule has 0 aliphatic rings. The molecular formula is C12H18NO3. The first-order valence-corrected chi connectivity index (χ1v) is 5.01. The minimum Gasteiger partial charge on any atom is -0.356 e. The third-order valence-electron chi connectivity index (χ3n) is 1.97. The van der Waals surface area contributed by atoms with Crippen LogP contribution in [0.3, 0.4) is 0 Å². The number of rotatable bonds is 8. The maximum atomic E-state index is 11.7. The van der Waals surface area contributed by atoms with Crippen LogP contribution in [0.2, 0.25) is 0 Å². The van der Waals surface area contributed by atoms with E-state index in [9.17, 15) is 4.79 Å². The van der Waals surface area contributed by atoms with E-state index in [1.807, 2.05) is 0 Å². The fraction of sp³-hybridized carbons (Fsp3) is 0.500. The topological polar surface area (TPSA) is 47.9 Å². The summed E-state index contributed by atoms with van der Waals surface area (Å²) in [5, 5.41) is 0. The molecule has 0 aromatic carbocycles. The van der Waals surface area contributed by atoms with Crippen molar-refractivity contribution >= 4 is 12.0 Å². The first kappa shape index (κ1) is 14.7. The van der Waals surface area contributed by atoms with E-state index >= 15 is 0 Å². The lowest BCUT2D eigenvalue weighted by atomic mass is 10.1. The molecule has 0 saturated heterocycles. The van der Waals surface area contributed by atoms with E-state index in [4.69, 9.17) is 9.47 Å². The number of aliphatic imine (C=N–C) groups is 1. The Kier molecular flexibility index (Phi) is 8.29. The number of ketones is 1. The molecule has 0 rings (SSSR count). The highest BCUT2D eigenvalue weighted by Crippen LogP contribution is 2.08. The minimum atomic E-state index is -0.352. The van der Waals surface area contributed by atoms with Crippen molar-refractivity contribution in [3.63, 3.8) is 0 Å². The smallest absolute Gasteiger partial charge is 0.181 e. The van der Waals surface area contributed by atoms with Gasteiger partial charge in [0, 0.05) is 27.1 Å². The van der Waals surface area contributed by atoms with Crippen LogP contribution in [0.4, 0.5) is 0 Å². The van der Waals surface area contributed by atoms with Crippen LogP contribution in [0.1, 0.15) is 19.8 Å². The molecule has 0 fully saturated rings. The summed E-state index contributed by atoms with van der Waals surface area (Å²) in [6.45, 7) is 5.20. The van der Waals surface area contributed by atoms with Gasteiger partial charge >= 0.3 is 0 Å². The number of nitrogens with zero attached hydrogens (tertiary/aromatic N) is 1. The van der Waals surface area contributed by atoms with Gasteiger partial charge < -0.3 is 9.47 Å². The summed E-state index contributed by atoms with van der Waals surface area (Å²) in [5.74, 6) is -0.0593. The maximum absolute atomic E-state index is 11.7. The summed E-state index contributed by atoms with van der Waals surface area (Å²) in [5.41, 5.74) is 0.380. The lowest BCUT2D eigenvalue weighted by molar-refractivity contribution is -0.124. The highest BCUT2D eigenvalue weighted by molar-refractivity contribution is 5.96. The summed E-state index contributed by atoms with van der Waals surface area (Å²) < 4.78 is 9.98. The van der Waals surface area contributed by atoms with E-state index in [1.54, 1.807) is 27.2 Å². The lowest BCUT2D eigenvalue weighted by Gasteiger charge is -2.12. The van der Waals surface area contributed by atoms with Crippen molar-refractivity contribution < 1.29 is 14.3 Å². The Morgan fingerprint density at radius 3 is 2.56 bits per heavy atom. The van der Waals surface area contributed by atoms with Gasteiger partial charge in [0.1, 0.15) is 5.70 Å². The summed E-state index contributed by atoms with van der Waals surface area (Å²) in [7, 11) is 3.08. The molecule has 0 heterocycles. The average Bonchev–Trinajstić information content (AvgIpc) is 2.31. The van der Waals surface area contributed by atoms with Gasteiger partial charge in [0.05, 0.1) is 6.21 Å². The van der Waals surface area contributed by atoms with Crippen LogP contribution in [0.25, 0.3) is 0 Å². The second kappa shape index (κ2) is 9.00. The third-order valence-corrected chi connectivity index (χ3v) is 1.97. The zero-order chi connectivity index (χ0) is 12.4. The van der Waals surface area contributed by atoms with Gasteiger partial charge in [-0.25, -0.2) is 4.99 Å². The highest BCUT2D eigenvalue weighted by Gasteiger charge is 2.11. The molecule has 0 atom stereocenters. The van der Waals surface area contributed by atoms with Gasteiger partial charge in [0.2, 0.25) is 0 Å². The molecule has 16 heavy (non-hydrogen) atoms. The van der Waals surface area contributed by atoms with Gasteiger partial charge in [0.15, 0.2) is 12.1 Å². The van der Waals surface area contributed by atoms with E-state index in [1.165, 1.54) is 6.08 Å². The molecule has 0 saturated carbocycles. The van der Waals surface area contributed by atoms with Gasteiger partial charge in [-0.2, -0.15) is 0 Å². The molecule has 0 aliphatic heterocycles. The van der Waals surface area contributed by atoms with Gasteiger partial charge in [-0.15, -0.1) is 0 Å². The standard InChI is InChI=1S/C12H18NO3/c1-5-9-13-10(6-2)11(14)7-8-12(15-3)16-4/h5-6,12H,1,7-8H2,2-4H3/b10-6-,13-9?. The normalized spacial score (nSPS) is 12.4. The van der Waals surface area contributed by atoms with Gasteiger partial charge in [0.25, 0.3) is 0 Å². The average molecular weight is 224 g/mol. The number of hydrogen-bond donors (Lipinski definition) is 0. The number of methoxy groups -OCH3 is 2. The Morgan fingerprint density at radius 1 is 1.50 bits per heavy atom. The molecule has 4 heteroatoms. The van der Waals surface area contributed by atoms with Crippen molar-refractivity contribution in [2.45, 2.75) is 26.1 Å². The fourth-order valence-corrected chi connectivity index (χ4v) is 1.11. The fourth-order valence-electron chi connectivity index (χ4n) is 1.11. The van der Waals surface area contributed by atoms with Crippen molar-refractivity contribution in [3.05, 3.63) is 24.4 Å². The SMILES string of the molecule is C=C/[C]=N/C(=C\C)C(=O)CCC(OC)OC. The van der Waals surface area contributed by atoms with E-state index < -0.39 is 0 Å². The zero-order valence-electron chi connectivity index (χ0n) is 10.0. The van der Waals surface area contributed by atoms with Crippen LogP contribution < -0.4 is 0 Å². The predicted octanol–water partition coefficient (Wildman–Crippen LogP) is 1.99. The maximum Gasteiger partial charge on any atom is 0.181 e. The Bertz CT molecular complexity index is 278. The zero-order valence-corrected chi connectivity index (χ0v) is 10.0. The molecule has 89 valence electrons. The second-order valence-electron chi connectivity index (χ2n) is 2.98.